The smallest absolute Gasteiger partial charge is 0.339 e. The Morgan fingerprint density at radius 2 is 1.71 bits per heavy atom. The number of phenolic OH excluding ortho intramolecular Hbond substituents is 1. The lowest BCUT2D eigenvalue weighted by Gasteiger charge is -2.07. The van der Waals surface area contributed by atoms with E-state index in [-0.39, 0.29) is 30.6 Å². The van der Waals surface area contributed by atoms with Crippen LogP contribution in [0.25, 0.3) is 0 Å². The number of phenols is 2. The van der Waals surface area contributed by atoms with Crippen LogP contribution >= 0.6 is 0 Å². The van der Waals surface area contributed by atoms with Crippen LogP contribution in [0.3, 0.4) is 0 Å². The van der Waals surface area contributed by atoms with Crippen LogP contribution in [-0.4, -0.2) is 32.4 Å². The Labute approximate surface area is 96.8 Å². The van der Waals surface area contributed by atoms with Gasteiger partial charge in [0, 0.05) is 12.5 Å². The third-order valence-electron chi connectivity index (χ3n) is 2.26. The largest absolute Gasteiger partial charge is 0.508 e. The Hall–Kier alpha value is -2.24. The number of carboxylic acids is 2. The maximum absolute atomic E-state index is 10.7. The van der Waals surface area contributed by atoms with Gasteiger partial charge in [0.2, 0.25) is 0 Å². The first-order valence-corrected chi connectivity index (χ1v) is 4.91. The van der Waals surface area contributed by atoms with Crippen LogP contribution in [0.2, 0.25) is 0 Å². The summed E-state index contributed by atoms with van der Waals surface area (Å²) < 4.78 is 0. The Morgan fingerprint density at radius 3 is 2.24 bits per heavy atom. The molecule has 1 aromatic rings. The SMILES string of the molecule is O=C(O)CCCc1cc(C(=O)O)c(O)cc1O. The molecule has 0 saturated heterocycles. The molecule has 0 spiro atoms. The zero-order valence-electron chi connectivity index (χ0n) is 8.88. The molecule has 0 saturated carbocycles. The van der Waals surface area contributed by atoms with Gasteiger partial charge in [0.05, 0.1) is 0 Å². The molecule has 0 aliphatic carbocycles. The Bertz CT molecular complexity index is 452. The van der Waals surface area contributed by atoms with Gasteiger partial charge in [-0.15, -0.1) is 0 Å². The average Bonchev–Trinajstić information content (AvgIpc) is 2.20. The van der Waals surface area contributed by atoms with Crippen molar-refractivity contribution < 1.29 is 30.0 Å². The molecule has 6 heteroatoms. The minimum absolute atomic E-state index is 0.0667. The van der Waals surface area contributed by atoms with E-state index in [9.17, 15) is 19.8 Å². The van der Waals surface area contributed by atoms with Crippen molar-refractivity contribution in [3.63, 3.8) is 0 Å². The van der Waals surface area contributed by atoms with Crippen LogP contribution in [0.15, 0.2) is 12.1 Å². The van der Waals surface area contributed by atoms with Gasteiger partial charge < -0.3 is 20.4 Å². The van der Waals surface area contributed by atoms with Crippen LogP contribution < -0.4 is 0 Å². The minimum atomic E-state index is -1.30. The molecule has 0 unspecified atom stereocenters. The van der Waals surface area contributed by atoms with Crippen molar-refractivity contribution in [2.45, 2.75) is 19.3 Å². The number of hydrogen-bond acceptors (Lipinski definition) is 4. The second-order valence-electron chi connectivity index (χ2n) is 3.55. The minimum Gasteiger partial charge on any atom is -0.508 e. The fourth-order valence-corrected chi connectivity index (χ4v) is 1.42. The molecule has 0 atom stereocenters. The van der Waals surface area contributed by atoms with Gasteiger partial charge in [-0.1, -0.05) is 0 Å². The van der Waals surface area contributed by atoms with E-state index in [0.717, 1.165) is 12.1 Å². The number of carbonyl (C=O) groups is 2. The van der Waals surface area contributed by atoms with E-state index in [1.54, 1.807) is 0 Å². The summed E-state index contributed by atoms with van der Waals surface area (Å²) in [5, 5.41) is 35.9. The number of aromatic hydroxyl groups is 2. The molecule has 0 aliphatic heterocycles. The van der Waals surface area contributed by atoms with E-state index in [2.05, 4.69) is 0 Å². The van der Waals surface area contributed by atoms with E-state index in [1.165, 1.54) is 0 Å². The maximum Gasteiger partial charge on any atom is 0.339 e. The van der Waals surface area contributed by atoms with Crippen molar-refractivity contribution in [2.24, 2.45) is 0 Å². The zero-order valence-corrected chi connectivity index (χ0v) is 8.88. The Kier molecular flexibility index (Phi) is 3.92. The molecule has 0 aliphatic rings. The monoisotopic (exact) mass is 240 g/mol. The second kappa shape index (κ2) is 5.20. The van der Waals surface area contributed by atoms with Gasteiger partial charge in [0.15, 0.2) is 0 Å². The van der Waals surface area contributed by atoms with E-state index in [4.69, 9.17) is 10.2 Å². The fourth-order valence-electron chi connectivity index (χ4n) is 1.42. The third-order valence-corrected chi connectivity index (χ3v) is 2.26. The first kappa shape index (κ1) is 12.8. The lowest BCUT2D eigenvalue weighted by atomic mass is 10.0. The van der Waals surface area contributed by atoms with Crippen molar-refractivity contribution in [3.8, 4) is 11.5 Å². The van der Waals surface area contributed by atoms with Crippen molar-refractivity contribution >= 4 is 11.9 Å². The van der Waals surface area contributed by atoms with Crippen LogP contribution in [-0.2, 0) is 11.2 Å². The molecule has 0 fully saturated rings. The highest BCUT2D eigenvalue weighted by atomic mass is 16.4. The Morgan fingerprint density at radius 1 is 1.06 bits per heavy atom. The molecule has 0 radical (unpaired) electrons. The van der Waals surface area contributed by atoms with E-state index >= 15 is 0 Å². The fraction of sp³-hybridized carbons (Fsp3) is 0.273. The summed E-state index contributed by atoms with van der Waals surface area (Å²) in [7, 11) is 0. The lowest BCUT2D eigenvalue weighted by molar-refractivity contribution is -0.137. The molecule has 17 heavy (non-hydrogen) atoms. The lowest BCUT2D eigenvalue weighted by Crippen LogP contribution is -2.00. The Balaban J connectivity index is 2.88. The molecule has 92 valence electrons. The summed E-state index contributed by atoms with van der Waals surface area (Å²) in [6.45, 7) is 0. The molecular formula is C11H12O6. The summed E-state index contributed by atoms with van der Waals surface area (Å²) in [5.74, 6) is -3.02. The van der Waals surface area contributed by atoms with Crippen molar-refractivity contribution in [1.29, 1.82) is 0 Å². The third kappa shape index (κ3) is 3.37. The van der Waals surface area contributed by atoms with Crippen LogP contribution in [0.1, 0.15) is 28.8 Å². The summed E-state index contributed by atoms with van der Waals surface area (Å²) in [5.41, 5.74) is -0.00502. The number of aryl methyl sites for hydroxylation is 1. The molecular weight excluding hydrogens is 228 g/mol. The number of aromatic carboxylic acids is 1. The summed E-state index contributed by atoms with van der Waals surface area (Å²) >= 11 is 0. The zero-order chi connectivity index (χ0) is 13.0. The highest BCUT2D eigenvalue weighted by molar-refractivity contribution is 5.91. The normalized spacial score (nSPS) is 10.1. The second-order valence-corrected chi connectivity index (χ2v) is 3.55. The number of hydrogen-bond donors (Lipinski definition) is 4. The van der Waals surface area contributed by atoms with E-state index < -0.39 is 17.7 Å². The molecule has 1 aromatic carbocycles. The van der Waals surface area contributed by atoms with Crippen molar-refractivity contribution in [2.75, 3.05) is 0 Å². The molecule has 0 aromatic heterocycles. The standard InChI is InChI=1S/C11H12O6/c12-8-5-9(13)7(11(16)17)4-6(8)2-1-3-10(14)15/h4-5,12-13H,1-3H2,(H,14,15)(H,16,17). The molecule has 4 N–H and O–H groups in total. The summed E-state index contributed by atoms with van der Waals surface area (Å²) in [6, 6.07) is 2.09. The molecule has 1 rings (SSSR count). The van der Waals surface area contributed by atoms with Gasteiger partial charge in [0.1, 0.15) is 17.1 Å². The topological polar surface area (TPSA) is 115 Å². The predicted octanol–water partition coefficient (Wildman–Crippen LogP) is 1.20. The summed E-state index contributed by atoms with van der Waals surface area (Å²) in [6.07, 6.45) is 0.453. The molecule has 0 heterocycles. The first-order chi connectivity index (χ1) is 7.91. The van der Waals surface area contributed by atoms with Crippen LogP contribution in [0.5, 0.6) is 11.5 Å². The van der Waals surface area contributed by atoms with E-state index in [0.29, 0.717) is 5.56 Å². The van der Waals surface area contributed by atoms with Gasteiger partial charge in [-0.05, 0) is 24.5 Å². The van der Waals surface area contributed by atoms with Gasteiger partial charge in [-0.2, -0.15) is 0 Å². The van der Waals surface area contributed by atoms with Gasteiger partial charge in [-0.25, -0.2) is 4.79 Å². The number of benzene rings is 1. The summed E-state index contributed by atoms with van der Waals surface area (Å²) in [4.78, 5) is 21.0. The predicted molar refractivity (Wildman–Crippen MR) is 57.3 cm³/mol. The first-order valence-electron chi connectivity index (χ1n) is 4.91. The highest BCUT2D eigenvalue weighted by Gasteiger charge is 2.14. The van der Waals surface area contributed by atoms with Crippen LogP contribution in [0.4, 0.5) is 0 Å². The molecule has 0 bridgehead atoms. The molecule has 6 nitrogen and oxygen atoms in total. The van der Waals surface area contributed by atoms with Crippen LogP contribution in [0, 0.1) is 0 Å². The van der Waals surface area contributed by atoms with Gasteiger partial charge in [0.25, 0.3) is 0 Å². The number of carboxylic acid groups (broad SMARTS) is 2. The quantitative estimate of drug-likeness (QED) is 0.614. The van der Waals surface area contributed by atoms with Crippen molar-refractivity contribution in [1.82, 2.24) is 0 Å². The van der Waals surface area contributed by atoms with Gasteiger partial charge in [-0.3, -0.25) is 4.79 Å². The maximum atomic E-state index is 10.7. The number of rotatable bonds is 5. The number of aliphatic carboxylic acids is 1. The molecule has 0 amide bonds. The van der Waals surface area contributed by atoms with Crippen molar-refractivity contribution in [3.05, 3.63) is 23.3 Å². The van der Waals surface area contributed by atoms with E-state index in [1.807, 2.05) is 0 Å². The van der Waals surface area contributed by atoms with Gasteiger partial charge >= 0.3 is 11.9 Å². The average molecular weight is 240 g/mol. The highest BCUT2D eigenvalue weighted by Crippen LogP contribution is 2.28.